The van der Waals surface area contributed by atoms with Crippen molar-refractivity contribution in [3.8, 4) is 17.2 Å². The molecule has 6 nitrogen and oxygen atoms in total. The number of aliphatic hydroxyl groups excluding tert-OH is 1. The molecule has 29 heavy (non-hydrogen) atoms. The van der Waals surface area contributed by atoms with E-state index in [4.69, 9.17) is 14.2 Å². The largest absolute Gasteiger partial charge is 0.496 e. The van der Waals surface area contributed by atoms with Crippen LogP contribution in [-0.2, 0) is 13.1 Å². The highest BCUT2D eigenvalue weighted by atomic mass is 16.5. The van der Waals surface area contributed by atoms with Gasteiger partial charge in [-0.3, -0.25) is 9.80 Å². The minimum atomic E-state index is 0.193. The fourth-order valence-electron chi connectivity index (χ4n) is 4.01. The van der Waals surface area contributed by atoms with Gasteiger partial charge in [0.25, 0.3) is 0 Å². The van der Waals surface area contributed by atoms with Gasteiger partial charge in [-0.15, -0.1) is 0 Å². The molecule has 1 aliphatic rings. The van der Waals surface area contributed by atoms with Crippen molar-refractivity contribution in [1.82, 2.24) is 9.80 Å². The summed E-state index contributed by atoms with van der Waals surface area (Å²) in [6.07, 6.45) is 0.764. The molecule has 0 aromatic heterocycles. The van der Waals surface area contributed by atoms with E-state index < -0.39 is 0 Å². The van der Waals surface area contributed by atoms with E-state index in [1.54, 1.807) is 21.3 Å². The fourth-order valence-corrected chi connectivity index (χ4v) is 4.01. The van der Waals surface area contributed by atoms with Crippen LogP contribution in [0.25, 0.3) is 0 Å². The van der Waals surface area contributed by atoms with Gasteiger partial charge in [0.1, 0.15) is 17.2 Å². The predicted molar refractivity (Wildman–Crippen MR) is 114 cm³/mol. The Labute approximate surface area is 173 Å². The van der Waals surface area contributed by atoms with Crippen molar-refractivity contribution in [3.05, 3.63) is 53.6 Å². The molecule has 6 heteroatoms. The molecule has 1 heterocycles. The molecule has 1 aliphatic heterocycles. The molecule has 3 rings (SSSR count). The van der Waals surface area contributed by atoms with Gasteiger partial charge in [-0.1, -0.05) is 30.3 Å². The van der Waals surface area contributed by atoms with Crippen LogP contribution in [0.15, 0.2) is 42.5 Å². The van der Waals surface area contributed by atoms with Crippen LogP contribution in [0.2, 0.25) is 0 Å². The van der Waals surface area contributed by atoms with Crippen molar-refractivity contribution < 1.29 is 19.3 Å². The first-order valence-corrected chi connectivity index (χ1v) is 10.1. The highest BCUT2D eigenvalue weighted by Crippen LogP contribution is 2.35. The lowest BCUT2D eigenvalue weighted by molar-refractivity contribution is 0.0492. The highest BCUT2D eigenvalue weighted by molar-refractivity contribution is 5.50. The van der Waals surface area contributed by atoms with E-state index >= 15 is 0 Å². The number of aliphatic hydroxyl groups is 1. The van der Waals surface area contributed by atoms with Crippen molar-refractivity contribution in [3.63, 3.8) is 0 Å². The van der Waals surface area contributed by atoms with Gasteiger partial charge in [0.05, 0.1) is 26.9 Å². The molecule has 0 aliphatic carbocycles. The van der Waals surface area contributed by atoms with E-state index in [0.29, 0.717) is 11.8 Å². The quantitative estimate of drug-likeness (QED) is 0.699. The lowest BCUT2D eigenvalue weighted by atomic mass is 10.1. The summed E-state index contributed by atoms with van der Waals surface area (Å²) in [7, 11) is 4.98. The van der Waals surface area contributed by atoms with E-state index in [0.717, 1.165) is 56.2 Å². The molecule has 2 aromatic carbocycles. The maximum atomic E-state index is 9.60. The van der Waals surface area contributed by atoms with Crippen LogP contribution in [0.4, 0.5) is 0 Å². The van der Waals surface area contributed by atoms with Gasteiger partial charge in [-0.25, -0.2) is 0 Å². The first-order valence-electron chi connectivity index (χ1n) is 10.1. The Kier molecular flexibility index (Phi) is 7.75. The fraction of sp³-hybridized carbons (Fsp3) is 0.478. The normalized spacial score (nSPS) is 17.9. The highest BCUT2D eigenvalue weighted by Gasteiger charge is 2.28. The Morgan fingerprint density at radius 3 is 2.21 bits per heavy atom. The van der Waals surface area contributed by atoms with E-state index in [1.165, 1.54) is 5.56 Å². The zero-order valence-electron chi connectivity index (χ0n) is 17.6. The molecule has 0 amide bonds. The summed E-state index contributed by atoms with van der Waals surface area (Å²) in [5, 5.41) is 9.60. The lowest BCUT2D eigenvalue weighted by Gasteiger charge is -2.41. The Balaban J connectivity index is 1.73. The number of hydrogen-bond donors (Lipinski definition) is 1. The summed E-state index contributed by atoms with van der Waals surface area (Å²) < 4.78 is 16.6. The van der Waals surface area contributed by atoms with E-state index in [2.05, 4.69) is 34.1 Å². The molecule has 1 saturated heterocycles. The molecule has 1 N–H and O–H groups in total. The molecule has 0 saturated carbocycles. The summed E-state index contributed by atoms with van der Waals surface area (Å²) in [5.74, 6) is 2.26. The van der Waals surface area contributed by atoms with Crippen LogP contribution in [0.1, 0.15) is 17.5 Å². The minimum absolute atomic E-state index is 0.193. The van der Waals surface area contributed by atoms with Crippen LogP contribution in [0.5, 0.6) is 17.2 Å². The standard InChI is InChI=1S/C23H32N2O4/c1-27-20-13-22(28-2)21(23(14-20)29-3)17-24-10-11-25(19(16-24)9-12-26)15-18-7-5-4-6-8-18/h4-8,13-14,19,26H,9-12,15-17H2,1-3H3/t19-/m0/s1. The van der Waals surface area contributed by atoms with Crippen molar-refractivity contribution >= 4 is 0 Å². The van der Waals surface area contributed by atoms with Crippen LogP contribution in [0, 0.1) is 0 Å². The molecule has 158 valence electrons. The van der Waals surface area contributed by atoms with Gasteiger partial charge in [-0.05, 0) is 12.0 Å². The molecule has 0 bridgehead atoms. The third kappa shape index (κ3) is 5.41. The number of rotatable bonds is 9. The number of methoxy groups -OCH3 is 3. The maximum absolute atomic E-state index is 9.60. The summed E-state index contributed by atoms with van der Waals surface area (Å²) in [6.45, 7) is 4.64. The van der Waals surface area contributed by atoms with Crippen LogP contribution in [0.3, 0.4) is 0 Å². The average molecular weight is 401 g/mol. The Bertz CT molecular complexity index is 744. The van der Waals surface area contributed by atoms with Crippen molar-refractivity contribution in [1.29, 1.82) is 0 Å². The topological polar surface area (TPSA) is 54.4 Å². The van der Waals surface area contributed by atoms with Crippen LogP contribution < -0.4 is 14.2 Å². The zero-order chi connectivity index (χ0) is 20.6. The molecular formula is C23H32N2O4. The number of nitrogens with zero attached hydrogens (tertiary/aromatic N) is 2. The maximum Gasteiger partial charge on any atom is 0.130 e. The molecule has 0 spiro atoms. The number of benzene rings is 2. The lowest BCUT2D eigenvalue weighted by Crippen LogP contribution is -2.52. The average Bonchev–Trinajstić information content (AvgIpc) is 2.76. The predicted octanol–water partition coefficient (Wildman–Crippen LogP) is 2.78. The minimum Gasteiger partial charge on any atom is -0.496 e. The molecule has 1 fully saturated rings. The molecule has 0 unspecified atom stereocenters. The molecule has 1 atom stereocenters. The molecular weight excluding hydrogens is 368 g/mol. The van der Waals surface area contributed by atoms with Gasteiger partial charge in [-0.2, -0.15) is 0 Å². The van der Waals surface area contributed by atoms with Gasteiger partial charge in [0.15, 0.2) is 0 Å². The smallest absolute Gasteiger partial charge is 0.130 e. The van der Waals surface area contributed by atoms with Gasteiger partial charge in [0.2, 0.25) is 0 Å². The molecule has 2 aromatic rings. The summed E-state index contributed by atoms with van der Waals surface area (Å²) in [5.41, 5.74) is 2.33. The first kappa shape index (κ1) is 21.4. The van der Waals surface area contributed by atoms with E-state index in [9.17, 15) is 5.11 Å². The third-order valence-electron chi connectivity index (χ3n) is 5.58. The second-order valence-electron chi connectivity index (χ2n) is 7.37. The first-order chi connectivity index (χ1) is 14.2. The Morgan fingerprint density at radius 1 is 0.931 bits per heavy atom. The van der Waals surface area contributed by atoms with Crippen molar-refractivity contribution in [2.75, 3.05) is 47.6 Å². The van der Waals surface area contributed by atoms with Crippen LogP contribution in [-0.4, -0.2) is 68.5 Å². The Hall–Kier alpha value is -2.28. The number of piperazine rings is 1. The summed E-state index contributed by atoms with van der Waals surface area (Å²) >= 11 is 0. The second-order valence-corrected chi connectivity index (χ2v) is 7.37. The zero-order valence-corrected chi connectivity index (χ0v) is 17.6. The van der Waals surface area contributed by atoms with Crippen molar-refractivity contribution in [2.24, 2.45) is 0 Å². The van der Waals surface area contributed by atoms with Crippen molar-refractivity contribution in [2.45, 2.75) is 25.6 Å². The number of ether oxygens (including phenoxy) is 3. The summed E-state index contributed by atoms with van der Waals surface area (Å²) in [6, 6.07) is 14.6. The molecule has 0 radical (unpaired) electrons. The van der Waals surface area contributed by atoms with Gasteiger partial charge >= 0.3 is 0 Å². The van der Waals surface area contributed by atoms with Gasteiger partial charge in [0, 0.05) is 57.5 Å². The summed E-state index contributed by atoms with van der Waals surface area (Å²) in [4.78, 5) is 4.89. The van der Waals surface area contributed by atoms with Crippen LogP contribution >= 0.6 is 0 Å². The Morgan fingerprint density at radius 2 is 1.62 bits per heavy atom. The van der Waals surface area contributed by atoms with E-state index in [1.807, 2.05) is 18.2 Å². The number of hydrogen-bond acceptors (Lipinski definition) is 6. The van der Waals surface area contributed by atoms with E-state index in [-0.39, 0.29) is 6.61 Å². The second kappa shape index (κ2) is 10.5. The monoisotopic (exact) mass is 400 g/mol. The van der Waals surface area contributed by atoms with Gasteiger partial charge < -0.3 is 19.3 Å². The third-order valence-corrected chi connectivity index (χ3v) is 5.58. The SMILES string of the molecule is COc1cc(OC)c(CN2CCN(Cc3ccccc3)[C@@H](CCO)C2)c(OC)c1.